The molecule has 0 atom stereocenters. The summed E-state index contributed by atoms with van der Waals surface area (Å²) >= 11 is 0. The Balaban J connectivity index is -0.000000218. The van der Waals surface area contributed by atoms with Gasteiger partial charge in [-0.05, 0) is 6.42 Å². The zero-order valence-corrected chi connectivity index (χ0v) is 8.48. The van der Waals surface area contributed by atoms with E-state index in [2.05, 4.69) is 19.8 Å². The van der Waals surface area contributed by atoms with Crippen molar-refractivity contribution in [3.05, 3.63) is 12.4 Å². The molecule has 0 aliphatic rings. The van der Waals surface area contributed by atoms with Crippen molar-refractivity contribution in [3.63, 3.8) is 0 Å². The average molecular weight is 187 g/mol. The summed E-state index contributed by atoms with van der Waals surface area (Å²) in [5.74, 6) is 5.44. The molecule has 0 radical (unpaired) electrons. The molecule has 0 aromatic rings. The molecule has 0 unspecified atom stereocenters. The summed E-state index contributed by atoms with van der Waals surface area (Å²) in [5, 5.41) is 8.59. The maximum atomic E-state index is 7.00. The number of nitrogens with two attached hydrogens (primary N) is 2. The Morgan fingerprint density at radius 3 is 2.15 bits per heavy atom. The lowest BCUT2D eigenvalue weighted by molar-refractivity contribution is 0.383. The fourth-order valence-corrected chi connectivity index (χ4v) is 0.526. The van der Waals surface area contributed by atoms with E-state index in [0.717, 1.165) is 26.5 Å². The first-order valence-electron chi connectivity index (χ1n) is 3.99. The van der Waals surface area contributed by atoms with Crippen LogP contribution in [-0.2, 0) is 0 Å². The molecule has 0 saturated carbocycles. The van der Waals surface area contributed by atoms with Crippen molar-refractivity contribution in [1.82, 2.24) is 5.01 Å². The topological polar surface area (TPSA) is 75.5 Å². The lowest BCUT2D eigenvalue weighted by Crippen LogP contribution is -2.26. The molecule has 0 bridgehead atoms. The molecule has 13 heavy (non-hydrogen) atoms. The summed E-state index contributed by atoms with van der Waals surface area (Å²) in [6.07, 6.45) is 13.4. The van der Waals surface area contributed by atoms with Gasteiger partial charge >= 0.3 is 0 Å². The average Bonchev–Trinajstić information content (AvgIpc) is 2.21. The van der Waals surface area contributed by atoms with Crippen molar-refractivity contribution in [2.75, 3.05) is 13.7 Å². The van der Waals surface area contributed by atoms with E-state index in [1.165, 1.54) is 6.20 Å². The maximum Gasteiger partial charge on any atom is 0.0335 e. The zero-order chi connectivity index (χ0) is 11.1. The van der Waals surface area contributed by atoms with E-state index in [1.807, 2.05) is 0 Å². The molecule has 0 amide bonds. The quantitative estimate of drug-likeness (QED) is 0.335. The largest absolute Gasteiger partial charge is 0.403 e. The van der Waals surface area contributed by atoms with Gasteiger partial charge in [0.25, 0.3) is 0 Å². The van der Waals surface area contributed by atoms with Crippen molar-refractivity contribution >= 4 is 0 Å². The van der Waals surface area contributed by atoms with Crippen LogP contribution in [0.3, 0.4) is 0 Å². The molecule has 0 aromatic carbocycles. The van der Waals surface area contributed by atoms with E-state index < -0.39 is 0 Å². The second-order valence-corrected chi connectivity index (χ2v) is 1.93. The van der Waals surface area contributed by atoms with Gasteiger partial charge in [-0.25, -0.2) is 5.84 Å². The lowest BCUT2D eigenvalue weighted by atomic mass is 10.3. The van der Waals surface area contributed by atoms with Crippen LogP contribution in [0.25, 0.3) is 0 Å². The van der Waals surface area contributed by atoms with E-state index in [-0.39, 0.29) is 0 Å². The Morgan fingerprint density at radius 1 is 1.38 bits per heavy atom. The number of terminal acetylenes is 1. The first-order chi connectivity index (χ1) is 6.31. The molecule has 0 aromatic heterocycles. The van der Waals surface area contributed by atoms with Crippen molar-refractivity contribution in [1.29, 1.82) is 0 Å². The standard InChI is InChI=1S/C6H15N3.C2H2.CH4O/c1-2-3-5-9(8)6-4-7;2*1-2/h4,6H,2-3,5,7-8H2,1H3;1-2H;2H,1H3/b6-4-;;. The number of hydrogen-bond acceptors (Lipinski definition) is 4. The Labute approximate surface area is 81.2 Å². The highest BCUT2D eigenvalue weighted by Gasteiger charge is 1.86. The van der Waals surface area contributed by atoms with Crippen LogP contribution in [0, 0.1) is 12.8 Å². The lowest BCUT2D eigenvalue weighted by Gasteiger charge is -2.10. The minimum atomic E-state index is 0.879. The van der Waals surface area contributed by atoms with E-state index in [4.69, 9.17) is 16.7 Å². The minimum Gasteiger partial charge on any atom is -0.403 e. The van der Waals surface area contributed by atoms with Crippen molar-refractivity contribution in [2.24, 2.45) is 11.6 Å². The van der Waals surface area contributed by atoms with Gasteiger partial charge in [0.05, 0.1) is 0 Å². The summed E-state index contributed by atoms with van der Waals surface area (Å²) in [5.41, 5.74) is 5.10. The predicted octanol–water partition coefficient (Wildman–Crippen LogP) is 0.250. The van der Waals surface area contributed by atoms with Crippen LogP contribution in [0.15, 0.2) is 12.4 Å². The van der Waals surface area contributed by atoms with Gasteiger partial charge in [0.2, 0.25) is 0 Å². The van der Waals surface area contributed by atoms with Crippen LogP contribution in [0.2, 0.25) is 0 Å². The van der Waals surface area contributed by atoms with Gasteiger partial charge in [0.1, 0.15) is 0 Å². The highest BCUT2D eigenvalue weighted by atomic mass is 16.2. The van der Waals surface area contributed by atoms with Crippen molar-refractivity contribution in [3.8, 4) is 12.8 Å². The normalized spacial score (nSPS) is 7.85. The van der Waals surface area contributed by atoms with Crippen LogP contribution >= 0.6 is 0 Å². The molecule has 0 rings (SSSR count). The highest BCUT2D eigenvalue weighted by molar-refractivity contribution is 4.72. The molecule has 5 N–H and O–H groups in total. The van der Waals surface area contributed by atoms with Crippen LogP contribution in [0.5, 0.6) is 0 Å². The van der Waals surface area contributed by atoms with Gasteiger partial charge in [-0.2, -0.15) is 0 Å². The Morgan fingerprint density at radius 2 is 1.85 bits per heavy atom. The molecule has 4 heteroatoms. The van der Waals surface area contributed by atoms with Gasteiger partial charge in [-0.3, -0.25) is 0 Å². The number of nitrogens with zero attached hydrogens (tertiary/aromatic N) is 1. The summed E-state index contributed by atoms with van der Waals surface area (Å²) < 4.78 is 0. The minimum absolute atomic E-state index is 0.879. The van der Waals surface area contributed by atoms with Gasteiger partial charge in [-0.15, -0.1) is 12.8 Å². The summed E-state index contributed by atoms with van der Waals surface area (Å²) in [6, 6.07) is 0. The first kappa shape index (κ1) is 17.8. The number of hydrazine groups is 1. The van der Waals surface area contributed by atoms with Crippen LogP contribution in [0.4, 0.5) is 0 Å². The van der Waals surface area contributed by atoms with Crippen LogP contribution in [0.1, 0.15) is 19.8 Å². The van der Waals surface area contributed by atoms with E-state index in [9.17, 15) is 0 Å². The second kappa shape index (κ2) is 22.4. The molecule has 0 fully saturated rings. The van der Waals surface area contributed by atoms with Gasteiger partial charge < -0.3 is 15.8 Å². The number of rotatable bonds is 4. The third kappa shape index (κ3) is 24.8. The molecule has 0 heterocycles. The van der Waals surface area contributed by atoms with Crippen LogP contribution < -0.4 is 11.6 Å². The maximum absolute atomic E-state index is 7.00. The Kier molecular flexibility index (Phi) is 30.7. The smallest absolute Gasteiger partial charge is 0.0335 e. The third-order valence-electron chi connectivity index (χ3n) is 1.05. The van der Waals surface area contributed by atoms with Crippen molar-refractivity contribution in [2.45, 2.75) is 19.8 Å². The number of unbranched alkanes of at least 4 members (excludes halogenated alkanes) is 1. The summed E-state index contributed by atoms with van der Waals surface area (Å²) in [7, 11) is 1.00. The number of aliphatic hydroxyl groups excluding tert-OH is 1. The molecule has 4 nitrogen and oxygen atoms in total. The van der Waals surface area contributed by atoms with Crippen LogP contribution in [-0.4, -0.2) is 23.8 Å². The molecule has 0 aliphatic carbocycles. The monoisotopic (exact) mass is 187 g/mol. The van der Waals surface area contributed by atoms with E-state index in [1.54, 1.807) is 11.2 Å². The number of aliphatic hydroxyl groups is 1. The highest BCUT2D eigenvalue weighted by Crippen LogP contribution is 1.88. The Hall–Kier alpha value is -1.18. The fourth-order valence-electron chi connectivity index (χ4n) is 0.526. The van der Waals surface area contributed by atoms with Gasteiger partial charge in [-0.1, -0.05) is 13.3 Å². The molecular weight excluding hydrogens is 166 g/mol. The molecule has 0 aliphatic heterocycles. The van der Waals surface area contributed by atoms with Gasteiger partial charge in [0, 0.05) is 26.1 Å². The molecular formula is C9H21N3O. The predicted molar refractivity (Wildman–Crippen MR) is 57.2 cm³/mol. The number of hydrogen-bond donors (Lipinski definition) is 3. The van der Waals surface area contributed by atoms with E-state index in [0.29, 0.717) is 0 Å². The zero-order valence-electron chi connectivity index (χ0n) is 8.48. The van der Waals surface area contributed by atoms with Gasteiger partial charge in [0.15, 0.2) is 0 Å². The summed E-state index contributed by atoms with van der Waals surface area (Å²) in [4.78, 5) is 0. The summed E-state index contributed by atoms with van der Waals surface area (Å²) in [6.45, 7) is 3.00. The molecule has 78 valence electrons. The SMILES string of the molecule is C#C.CCCCN(N)/C=C\N.CO. The molecule has 0 saturated heterocycles. The molecule has 0 spiro atoms. The van der Waals surface area contributed by atoms with Crippen molar-refractivity contribution < 1.29 is 5.11 Å². The third-order valence-corrected chi connectivity index (χ3v) is 1.05. The fraction of sp³-hybridized carbons (Fsp3) is 0.556. The Bertz CT molecular complexity index is 113. The second-order valence-electron chi connectivity index (χ2n) is 1.93. The van der Waals surface area contributed by atoms with E-state index >= 15 is 0 Å². The first-order valence-corrected chi connectivity index (χ1v) is 3.99.